The van der Waals surface area contributed by atoms with Crippen molar-refractivity contribution in [1.82, 2.24) is 10.2 Å². The fourth-order valence-electron chi connectivity index (χ4n) is 2.35. The molecule has 104 valence electrons. The molecule has 1 unspecified atom stereocenters. The SMILES string of the molecule is CCN(CCCC(C)(CO)NC(C)C)C(C)C. The van der Waals surface area contributed by atoms with E-state index in [1.807, 2.05) is 0 Å². The van der Waals surface area contributed by atoms with Crippen molar-refractivity contribution in [3.63, 3.8) is 0 Å². The minimum Gasteiger partial charge on any atom is -0.394 e. The Morgan fingerprint density at radius 2 is 1.82 bits per heavy atom. The third-order valence-electron chi connectivity index (χ3n) is 3.30. The van der Waals surface area contributed by atoms with Crippen LogP contribution in [-0.2, 0) is 0 Å². The third-order valence-corrected chi connectivity index (χ3v) is 3.30. The van der Waals surface area contributed by atoms with Gasteiger partial charge in [-0.3, -0.25) is 0 Å². The Bertz CT molecular complexity index is 195. The van der Waals surface area contributed by atoms with E-state index in [1.165, 1.54) is 0 Å². The van der Waals surface area contributed by atoms with Gasteiger partial charge in [-0.05, 0) is 46.7 Å². The molecule has 0 aromatic heterocycles. The average molecular weight is 244 g/mol. The maximum absolute atomic E-state index is 9.49. The first-order valence-corrected chi connectivity index (χ1v) is 6.97. The molecule has 0 radical (unpaired) electrons. The quantitative estimate of drug-likeness (QED) is 0.653. The Morgan fingerprint density at radius 3 is 2.18 bits per heavy atom. The molecule has 0 saturated carbocycles. The largest absolute Gasteiger partial charge is 0.394 e. The highest BCUT2D eigenvalue weighted by Crippen LogP contribution is 2.14. The maximum Gasteiger partial charge on any atom is 0.0610 e. The standard InChI is InChI=1S/C14H32N2O/c1-7-16(13(4)5)10-8-9-14(6,11-17)15-12(2)3/h12-13,15,17H,7-11H2,1-6H3. The van der Waals surface area contributed by atoms with Gasteiger partial charge >= 0.3 is 0 Å². The fraction of sp³-hybridized carbons (Fsp3) is 1.00. The highest BCUT2D eigenvalue weighted by atomic mass is 16.3. The summed E-state index contributed by atoms with van der Waals surface area (Å²) in [5.41, 5.74) is -0.134. The van der Waals surface area contributed by atoms with Gasteiger partial charge in [0.15, 0.2) is 0 Å². The third kappa shape index (κ3) is 7.02. The second-order valence-corrected chi connectivity index (χ2v) is 5.84. The molecule has 0 aliphatic carbocycles. The van der Waals surface area contributed by atoms with Crippen molar-refractivity contribution in [1.29, 1.82) is 0 Å². The Hall–Kier alpha value is -0.120. The molecule has 2 N–H and O–H groups in total. The summed E-state index contributed by atoms with van der Waals surface area (Å²) in [7, 11) is 0. The summed E-state index contributed by atoms with van der Waals surface area (Å²) in [6, 6.07) is 1.03. The second-order valence-electron chi connectivity index (χ2n) is 5.84. The highest BCUT2D eigenvalue weighted by Gasteiger charge is 2.23. The molecule has 0 aromatic carbocycles. The van der Waals surface area contributed by atoms with Crippen molar-refractivity contribution in [2.75, 3.05) is 19.7 Å². The first kappa shape index (κ1) is 16.9. The number of nitrogens with one attached hydrogen (secondary N) is 1. The van der Waals surface area contributed by atoms with E-state index in [4.69, 9.17) is 0 Å². The van der Waals surface area contributed by atoms with Gasteiger partial charge < -0.3 is 15.3 Å². The number of hydrogen-bond acceptors (Lipinski definition) is 3. The zero-order valence-corrected chi connectivity index (χ0v) is 12.6. The number of aliphatic hydroxyl groups is 1. The predicted octanol–water partition coefficient (Wildman–Crippen LogP) is 2.25. The lowest BCUT2D eigenvalue weighted by Gasteiger charge is -2.33. The van der Waals surface area contributed by atoms with Crippen LogP contribution in [0.5, 0.6) is 0 Å². The van der Waals surface area contributed by atoms with Crippen LogP contribution in [-0.4, -0.2) is 47.3 Å². The van der Waals surface area contributed by atoms with Gasteiger partial charge in [0.05, 0.1) is 6.61 Å². The maximum atomic E-state index is 9.49. The van der Waals surface area contributed by atoms with E-state index in [1.54, 1.807) is 0 Å². The molecule has 0 fully saturated rings. The minimum atomic E-state index is -0.134. The molecular weight excluding hydrogens is 212 g/mol. The van der Waals surface area contributed by atoms with Gasteiger partial charge in [-0.25, -0.2) is 0 Å². The van der Waals surface area contributed by atoms with Gasteiger partial charge in [0.2, 0.25) is 0 Å². The summed E-state index contributed by atoms with van der Waals surface area (Å²) >= 11 is 0. The molecule has 0 aromatic rings. The van der Waals surface area contributed by atoms with Crippen molar-refractivity contribution in [2.24, 2.45) is 0 Å². The highest BCUT2D eigenvalue weighted by molar-refractivity contribution is 4.84. The van der Waals surface area contributed by atoms with E-state index in [0.717, 1.165) is 25.9 Å². The lowest BCUT2D eigenvalue weighted by atomic mass is 9.95. The van der Waals surface area contributed by atoms with E-state index in [9.17, 15) is 5.11 Å². The molecule has 0 rings (SSSR count). The van der Waals surface area contributed by atoms with Crippen LogP contribution in [0.3, 0.4) is 0 Å². The molecule has 0 aliphatic rings. The number of aliphatic hydroxyl groups excluding tert-OH is 1. The Morgan fingerprint density at radius 1 is 1.24 bits per heavy atom. The van der Waals surface area contributed by atoms with E-state index >= 15 is 0 Å². The van der Waals surface area contributed by atoms with Crippen molar-refractivity contribution in [2.45, 2.75) is 72.0 Å². The van der Waals surface area contributed by atoms with Gasteiger partial charge in [0.1, 0.15) is 0 Å². The molecule has 1 atom stereocenters. The molecule has 0 bridgehead atoms. The van der Waals surface area contributed by atoms with Crippen molar-refractivity contribution in [3.8, 4) is 0 Å². The molecule has 17 heavy (non-hydrogen) atoms. The van der Waals surface area contributed by atoms with E-state index < -0.39 is 0 Å². The summed E-state index contributed by atoms with van der Waals surface area (Å²) in [6.45, 7) is 15.5. The van der Waals surface area contributed by atoms with Crippen LogP contribution in [0.25, 0.3) is 0 Å². The Kier molecular flexibility index (Phi) is 8.01. The minimum absolute atomic E-state index is 0.134. The molecule has 0 heterocycles. The van der Waals surface area contributed by atoms with E-state index in [-0.39, 0.29) is 12.1 Å². The van der Waals surface area contributed by atoms with Crippen LogP contribution in [0.2, 0.25) is 0 Å². The van der Waals surface area contributed by atoms with Crippen LogP contribution in [0.1, 0.15) is 54.4 Å². The summed E-state index contributed by atoms with van der Waals surface area (Å²) < 4.78 is 0. The van der Waals surface area contributed by atoms with Gasteiger partial charge in [0.25, 0.3) is 0 Å². The Labute approximate surface area is 108 Å². The van der Waals surface area contributed by atoms with Crippen molar-refractivity contribution < 1.29 is 5.11 Å². The monoisotopic (exact) mass is 244 g/mol. The zero-order valence-electron chi connectivity index (χ0n) is 12.6. The van der Waals surface area contributed by atoms with Crippen molar-refractivity contribution in [3.05, 3.63) is 0 Å². The fourth-order valence-corrected chi connectivity index (χ4v) is 2.35. The second kappa shape index (κ2) is 8.06. The van der Waals surface area contributed by atoms with Gasteiger partial charge in [-0.15, -0.1) is 0 Å². The summed E-state index contributed by atoms with van der Waals surface area (Å²) in [5, 5.41) is 12.9. The molecule has 0 amide bonds. The number of hydrogen-bond donors (Lipinski definition) is 2. The normalized spacial score (nSPS) is 15.9. The lowest BCUT2D eigenvalue weighted by Crippen LogP contribution is -2.49. The number of rotatable bonds is 9. The summed E-state index contributed by atoms with van der Waals surface area (Å²) in [6.07, 6.45) is 2.15. The lowest BCUT2D eigenvalue weighted by molar-refractivity contribution is 0.144. The van der Waals surface area contributed by atoms with Crippen LogP contribution in [0, 0.1) is 0 Å². The molecule has 3 nitrogen and oxygen atoms in total. The van der Waals surface area contributed by atoms with E-state index in [2.05, 4.69) is 51.8 Å². The van der Waals surface area contributed by atoms with Crippen molar-refractivity contribution >= 4 is 0 Å². The predicted molar refractivity (Wildman–Crippen MR) is 75.4 cm³/mol. The van der Waals surface area contributed by atoms with Gasteiger partial charge in [0, 0.05) is 17.6 Å². The van der Waals surface area contributed by atoms with Crippen LogP contribution < -0.4 is 5.32 Å². The van der Waals surface area contributed by atoms with Gasteiger partial charge in [-0.2, -0.15) is 0 Å². The Balaban J connectivity index is 4.06. The van der Waals surface area contributed by atoms with Crippen LogP contribution in [0.4, 0.5) is 0 Å². The molecule has 0 aliphatic heterocycles. The molecule has 0 saturated heterocycles. The first-order valence-electron chi connectivity index (χ1n) is 6.97. The number of nitrogens with zero attached hydrogens (tertiary/aromatic N) is 1. The molecule has 0 spiro atoms. The van der Waals surface area contributed by atoms with Crippen LogP contribution in [0.15, 0.2) is 0 Å². The van der Waals surface area contributed by atoms with Crippen LogP contribution >= 0.6 is 0 Å². The molecular formula is C14H32N2O. The topological polar surface area (TPSA) is 35.5 Å². The van der Waals surface area contributed by atoms with Gasteiger partial charge in [-0.1, -0.05) is 20.8 Å². The summed E-state index contributed by atoms with van der Waals surface area (Å²) in [4.78, 5) is 2.47. The van der Waals surface area contributed by atoms with E-state index in [0.29, 0.717) is 12.1 Å². The summed E-state index contributed by atoms with van der Waals surface area (Å²) in [5.74, 6) is 0. The average Bonchev–Trinajstić information content (AvgIpc) is 2.23. The molecule has 3 heteroatoms. The smallest absolute Gasteiger partial charge is 0.0610 e. The first-order chi connectivity index (χ1) is 7.84. The zero-order chi connectivity index (χ0) is 13.5.